The van der Waals surface area contributed by atoms with Crippen molar-refractivity contribution >= 4 is 29.0 Å². The quantitative estimate of drug-likeness (QED) is 0.163. The molecule has 2 heterocycles. The van der Waals surface area contributed by atoms with E-state index in [4.69, 9.17) is 4.74 Å². The zero-order valence-electron chi connectivity index (χ0n) is 30.8. The summed E-state index contributed by atoms with van der Waals surface area (Å²) >= 11 is 0. The summed E-state index contributed by atoms with van der Waals surface area (Å²) in [5.41, 5.74) is 2.65. The third-order valence-corrected chi connectivity index (χ3v) is 13.1. The van der Waals surface area contributed by atoms with Gasteiger partial charge in [-0.3, -0.25) is 29.0 Å². The van der Waals surface area contributed by atoms with E-state index < -0.39 is 35.0 Å². The van der Waals surface area contributed by atoms with Crippen LogP contribution in [0.5, 0.6) is 11.5 Å². The molecule has 3 aliphatic carbocycles. The summed E-state index contributed by atoms with van der Waals surface area (Å²) in [5, 5.41) is 11.8. The molecule has 0 aromatic heterocycles. The molecule has 278 valence electrons. The van der Waals surface area contributed by atoms with Gasteiger partial charge in [0.1, 0.15) is 11.5 Å². The van der Waals surface area contributed by atoms with Gasteiger partial charge in [0.05, 0.1) is 24.4 Å². The lowest BCUT2D eigenvalue weighted by molar-refractivity contribution is -0.144. The number of methoxy groups -OCH3 is 1. The summed E-state index contributed by atoms with van der Waals surface area (Å²) < 4.78 is 5.91. The number of rotatable bonds is 7. The van der Waals surface area contributed by atoms with E-state index in [9.17, 15) is 14.7 Å². The normalized spacial score (nSPS) is 28.2. The number of carbonyl (C=O) groups is 4. The van der Waals surface area contributed by atoms with E-state index in [0.29, 0.717) is 47.3 Å². The Kier molecular flexibility index (Phi) is 8.89. The molecule has 2 amide bonds. The molecular formula is C47H44N2O6. The van der Waals surface area contributed by atoms with Crippen LogP contribution in [0.1, 0.15) is 53.9 Å². The van der Waals surface area contributed by atoms with Crippen LogP contribution in [0.2, 0.25) is 0 Å². The van der Waals surface area contributed by atoms with Crippen LogP contribution in [-0.2, 0) is 31.1 Å². The zero-order chi connectivity index (χ0) is 37.8. The highest BCUT2D eigenvalue weighted by atomic mass is 16.5. The van der Waals surface area contributed by atoms with Crippen LogP contribution >= 0.6 is 0 Å². The number of phenols is 1. The second-order valence-corrected chi connectivity index (χ2v) is 15.7. The Bertz CT molecular complexity index is 2230. The van der Waals surface area contributed by atoms with Crippen LogP contribution in [0, 0.1) is 23.7 Å². The Morgan fingerprint density at radius 1 is 0.782 bits per heavy atom. The minimum Gasteiger partial charge on any atom is -0.508 e. The number of imide groups is 1. The minimum absolute atomic E-state index is 0.0575. The van der Waals surface area contributed by atoms with Crippen molar-refractivity contribution in [3.63, 3.8) is 0 Å². The average Bonchev–Trinajstić information content (AvgIpc) is 3.48. The third kappa shape index (κ3) is 5.52. The third-order valence-electron chi connectivity index (χ3n) is 13.1. The van der Waals surface area contributed by atoms with Crippen molar-refractivity contribution in [2.24, 2.45) is 23.7 Å². The number of likely N-dealkylation sites (tertiary alicyclic amines) is 2. The smallest absolute Gasteiger partial charge is 0.233 e. The van der Waals surface area contributed by atoms with Gasteiger partial charge in [0, 0.05) is 48.6 Å². The molecule has 5 aliphatic rings. The standard InChI is InChI=1S/C47H44N2O6/c1-55-39-19-11-18-38(50)42(39)43-33-20-21-34-41(46(54)49(45(34)53)32-22-24-48(25-23-32)28-29-12-5-2-6-13-29)36(33)26-37-44(52)35(30-14-7-3-8-15-30)27-40(51)47(37,43)31-16-9-4-10-17-31/h2-20,27,32,34,36-37,41,43,50H,21-26,28H2,1H3. The van der Waals surface area contributed by atoms with Crippen molar-refractivity contribution in [3.8, 4) is 11.5 Å². The van der Waals surface area contributed by atoms with Gasteiger partial charge < -0.3 is 9.84 Å². The number of Topliss-reactive ketones (excluding diaryl/α,β-unsaturated/α-hetero) is 1. The maximum absolute atomic E-state index is 15.3. The number of amides is 2. The molecule has 3 fully saturated rings. The Morgan fingerprint density at radius 2 is 1.45 bits per heavy atom. The predicted molar refractivity (Wildman–Crippen MR) is 208 cm³/mol. The first-order chi connectivity index (χ1) is 26.8. The van der Waals surface area contributed by atoms with Crippen LogP contribution in [-0.4, -0.2) is 64.5 Å². The van der Waals surface area contributed by atoms with E-state index >= 15 is 9.59 Å². The molecule has 1 saturated carbocycles. The summed E-state index contributed by atoms with van der Waals surface area (Å²) in [4.78, 5) is 63.7. The van der Waals surface area contributed by atoms with Gasteiger partial charge in [0.15, 0.2) is 11.6 Å². The highest BCUT2D eigenvalue weighted by molar-refractivity contribution is 6.31. The number of phenolic OH excluding ortho intramolecular Hbond substituents is 1. The van der Waals surface area contributed by atoms with Crippen molar-refractivity contribution in [1.82, 2.24) is 9.80 Å². The Labute approximate surface area is 321 Å². The lowest BCUT2D eigenvalue weighted by Gasteiger charge is -2.55. The van der Waals surface area contributed by atoms with Crippen LogP contribution in [0.4, 0.5) is 0 Å². The number of allylic oxidation sites excluding steroid dienone is 4. The molecule has 6 atom stereocenters. The first-order valence-electron chi connectivity index (χ1n) is 19.4. The molecule has 0 radical (unpaired) electrons. The van der Waals surface area contributed by atoms with Crippen LogP contribution < -0.4 is 4.74 Å². The fourth-order valence-corrected chi connectivity index (χ4v) is 10.8. The van der Waals surface area contributed by atoms with E-state index in [2.05, 4.69) is 17.0 Å². The van der Waals surface area contributed by atoms with Crippen molar-refractivity contribution in [1.29, 1.82) is 0 Å². The van der Waals surface area contributed by atoms with Crippen molar-refractivity contribution < 1.29 is 29.0 Å². The van der Waals surface area contributed by atoms with E-state index in [0.717, 1.165) is 25.2 Å². The highest BCUT2D eigenvalue weighted by Crippen LogP contribution is 2.65. The number of ether oxygens (including phenoxy) is 1. The number of hydrogen-bond donors (Lipinski definition) is 1. The van der Waals surface area contributed by atoms with Gasteiger partial charge in [0.2, 0.25) is 11.8 Å². The first-order valence-corrected chi connectivity index (χ1v) is 19.4. The Balaban J connectivity index is 1.15. The molecule has 55 heavy (non-hydrogen) atoms. The lowest BCUT2D eigenvalue weighted by atomic mass is 9.44. The van der Waals surface area contributed by atoms with Gasteiger partial charge in [-0.1, -0.05) is 109 Å². The summed E-state index contributed by atoms with van der Waals surface area (Å²) in [7, 11) is 1.53. The summed E-state index contributed by atoms with van der Waals surface area (Å²) in [5.74, 6) is -3.91. The maximum Gasteiger partial charge on any atom is 0.233 e. The predicted octanol–water partition coefficient (Wildman–Crippen LogP) is 6.89. The van der Waals surface area contributed by atoms with E-state index in [1.807, 2.05) is 84.9 Å². The van der Waals surface area contributed by atoms with Crippen LogP contribution in [0.3, 0.4) is 0 Å². The summed E-state index contributed by atoms with van der Waals surface area (Å²) in [6, 6.07) is 33.8. The van der Waals surface area contributed by atoms with Crippen molar-refractivity contribution in [2.75, 3.05) is 20.2 Å². The van der Waals surface area contributed by atoms with Gasteiger partial charge in [-0.05, 0) is 66.5 Å². The number of ketones is 2. The fraction of sp³-hybridized carbons (Fsp3) is 0.319. The number of carbonyl (C=O) groups excluding carboxylic acids is 4. The van der Waals surface area contributed by atoms with Gasteiger partial charge in [-0.25, -0.2) is 0 Å². The van der Waals surface area contributed by atoms with Crippen molar-refractivity contribution in [2.45, 2.75) is 49.6 Å². The second kappa shape index (κ2) is 13.9. The van der Waals surface area contributed by atoms with Crippen LogP contribution in [0.15, 0.2) is 127 Å². The number of aromatic hydroxyl groups is 1. The molecule has 9 rings (SSSR count). The zero-order valence-corrected chi connectivity index (χ0v) is 30.8. The van der Waals surface area contributed by atoms with Gasteiger partial charge in [-0.2, -0.15) is 0 Å². The molecule has 2 aliphatic heterocycles. The number of fused-ring (bicyclic) bond motifs is 4. The monoisotopic (exact) mass is 732 g/mol. The minimum atomic E-state index is -1.45. The maximum atomic E-state index is 15.3. The molecule has 8 heteroatoms. The Hall–Kier alpha value is -5.60. The number of piperidine rings is 1. The number of hydrogen-bond acceptors (Lipinski definition) is 7. The molecule has 4 aromatic rings. The molecule has 1 N–H and O–H groups in total. The van der Waals surface area contributed by atoms with E-state index in [1.54, 1.807) is 23.1 Å². The summed E-state index contributed by atoms with van der Waals surface area (Å²) in [6.07, 6.45) is 5.47. The summed E-state index contributed by atoms with van der Waals surface area (Å²) in [6.45, 7) is 2.38. The largest absolute Gasteiger partial charge is 0.508 e. The number of nitrogens with zero attached hydrogens (tertiary/aromatic N) is 2. The van der Waals surface area contributed by atoms with E-state index in [-0.39, 0.29) is 41.6 Å². The molecule has 4 aromatic carbocycles. The van der Waals surface area contributed by atoms with Gasteiger partial charge >= 0.3 is 0 Å². The second-order valence-electron chi connectivity index (χ2n) is 15.7. The molecular weight excluding hydrogens is 689 g/mol. The molecule has 8 nitrogen and oxygen atoms in total. The molecule has 2 saturated heterocycles. The molecule has 0 bridgehead atoms. The van der Waals surface area contributed by atoms with Crippen molar-refractivity contribution in [3.05, 3.63) is 149 Å². The van der Waals surface area contributed by atoms with Gasteiger partial charge in [0.25, 0.3) is 0 Å². The topological polar surface area (TPSA) is 104 Å². The SMILES string of the molecule is COc1cccc(O)c1C1C2=CCC3C(=O)N(C4CCN(Cc5ccccc5)CC4)C(=O)C3C2CC2C(=O)C(c3ccccc3)=CC(=O)C21c1ccccc1. The fourth-order valence-electron chi connectivity index (χ4n) is 10.8. The average molecular weight is 733 g/mol. The van der Waals surface area contributed by atoms with Crippen LogP contribution in [0.25, 0.3) is 5.57 Å². The lowest BCUT2D eigenvalue weighted by Crippen LogP contribution is -2.59. The van der Waals surface area contributed by atoms with Gasteiger partial charge in [-0.15, -0.1) is 0 Å². The Morgan fingerprint density at radius 3 is 2.15 bits per heavy atom. The van der Waals surface area contributed by atoms with E-state index in [1.165, 1.54) is 18.7 Å². The molecule has 0 spiro atoms. The molecule has 6 unspecified atom stereocenters. The highest BCUT2D eigenvalue weighted by Gasteiger charge is 2.67. The number of benzene rings is 4. The first kappa shape index (κ1) is 35.1.